The number of likely N-dealkylation sites (N-methyl/N-ethyl adjacent to an activating group) is 1. The molecular formula is C13H24N2O. The average Bonchev–Trinajstić information content (AvgIpc) is 2.77. The van der Waals surface area contributed by atoms with Crippen LogP contribution < -0.4 is 0 Å². The van der Waals surface area contributed by atoms with E-state index in [9.17, 15) is 0 Å². The zero-order chi connectivity index (χ0) is 12.0. The maximum absolute atomic E-state index is 8.97. The first-order valence-electron chi connectivity index (χ1n) is 6.32. The van der Waals surface area contributed by atoms with Crippen molar-refractivity contribution < 1.29 is 4.74 Å². The van der Waals surface area contributed by atoms with Crippen LogP contribution in [-0.2, 0) is 4.74 Å². The lowest BCUT2D eigenvalue weighted by Crippen LogP contribution is -2.34. The fourth-order valence-corrected chi connectivity index (χ4v) is 1.95. The van der Waals surface area contributed by atoms with Crippen LogP contribution in [0.4, 0.5) is 0 Å². The molecule has 1 aliphatic heterocycles. The van der Waals surface area contributed by atoms with E-state index in [4.69, 9.17) is 10.00 Å². The van der Waals surface area contributed by atoms with Gasteiger partial charge in [-0.1, -0.05) is 6.92 Å². The van der Waals surface area contributed by atoms with E-state index in [0.29, 0.717) is 6.10 Å². The van der Waals surface area contributed by atoms with E-state index in [-0.39, 0.29) is 5.41 Å². The Morgan fingerprint density at radius 1 is 1.50 bits per heavy atom. The van der Waals surface area contributed by atoms with Crippen molar-refractivity contribution in [1.82, 2.24) is 4.90 Å². The Hall–Kier alpha value is -0.590. The molecule has 1 atom stereocenters. The van der Waals surface area contributed by atoms with Gasteiger partial charge in [0.25, 0.3) is 0 Å². The summed E-state index contributed by atoms with van der Waals surface area (Å²) in [5.41, 5.74) is -0.204. The van der Waals surface area contributed by atoms with E-state index in [1.54, 1.807) is 0 Å². The first-order chi connectivity index (χ1) is 7.57. The van der Waals surface area contributed by atoms with Crippen molar-refractivity contribution in [1.29, 1.82) is 5.26 Å². The quantitative estimate of drug-likeness (QED) is 0.695. The van der Waals surface area contributed by atoms with Crippen LogP contribution in [0.15, 0.2) is 0 Å². The Labute approximate surface area is 99.4 Å². The van der Waals surface area contributed by atoms with Crippen molar-refractivity contribution in [3.8, 4) is 6.07 Å². The number of nitriles is 1. The number of hydrogen-bond donors (Lipinski definition) is 0. The molecule has 0 aromatic carbocycles. The third kappa shape index (κ3) is 4.51. The fourth-order valence-electron chi connectivity index (χ4n) is 1.95. The Morgan fingerprint density at radius 2 is 2.25 bits per heavy atom. The van der Waals surface area contributed by atoms with Gasteiger partial charge >= 0.3 is 0 Å². The summed E-state index contributed by atoms with van der Waals surface area (Å²) < 4.78 is 5.64. The van der Waals surface area contributed by atoms with Gasteiger partial charge in [0.1, 0.15) is 0 Å². The van der Waals surface area contributed by atoms with Gasteiger partial charge in [-0.3, -0.25) is 0 Å². The highest BCUT2D eigenvalue weighted by Gasteiger charge is 2.21. The minimum atomic E-state index is -0.204. The van der Waals surface area contributed by atoms with Crippen LogP contribution in [0.5, 0.6) is 0 Å². The van der Waals surface area contributed by atoms with Crippen LogP contribution in [0.1, 0.15) is 40.0 Å². The monoisotopic (exact) mass is 224 g/mol. The maximum Gasteiger partial charge on any atom is 0.0702 e. The highest BCUT2D eigenvalue weighted by Crippen LogP contribution is 2.20. The lowest BCUT2D eigenvalue weighted by Gasteiger charge is -2.26. The van der Waals surface area contributed by atoms with Gasteiger partial charge in [0.15, 0.2) is 0 Å². The van der Waals surface area contributed by atoms with E-state index in [2.05, 4.69) is 17.9 Å². The van der Waals surface area contributed by atoms with E-state index >= 15 is 0 Å². The Kier molecular flexibility index (Phi) is 5.24. The minimum Gasteiger partial charge on any atom is -0.377 e. The second-order valence-electron chi connectivity index (χ2n) is 5.27. The summed E-state index contributed by atoms with van der Waals surface area (Å²) in [6.07, 6.45) is 3.75. The lowest BCUT2D eigenvalue weighted by atomic mass is 9.91. The standard InChI is InChI=1S/C13H24N2O/c1-4-15(8-7-13(2,3)11-14)10-12-6-5-9-16-12/h12H,4-10H2,1-3H3. The number of hydrogen-bond acceptors (Lipinski definition) is 3. The second kappa shape index (κ2) is 6.22. The fraction of sp³-hybridized carbons (Fsp3) is 0.923. The lowest BCUT2D eigenvalue weighted by molar-refractivity contribution is 0.0721. The van der Waals surface area contributed by atoms with Gasteiger partial charge in [0.2, 0.25) is 0 Å². The summed E-state index contributed by atoms with van der Waals surface area (Å²) in [5.74, 6) is 0. The molecule has 3 heteroatoms. The predicted molar refractivity (Wildman–Crippen MR) is 65.1 cm³/mol. The number of nitrogens with zero attached hydrogens (tertiary/aromatic N) is 2. The third-order valence-corrected chi connectivity index (χ3v) is 3.29. The molecule has 1 fully saturated rings. The van der Waals surface area contributed by atoms with Crippen LogP contribution in [0.25, 0.3) is 0 Å². The molecule has 0 bridgehead atoms. The second-order valence-corrected chi connectivity index (χ2v) is 5.27. The van der Waals surface area contributed by atoms with Crippen molar-refractivity contribution in [3.63, 3.8) is 0 Å². The van der Waals surface area contributed by atoms with Crippen LogP contribution in [0, 0.1) is 16.7 Å². The first-order valence-corrected chi connectivity index (χ1v) is 6.32. The predicted octanol–water partition coefficient (Wildman–Crippen LogP) is 2.43. The third-order valence-electron chi connectivity index (χ3n) is 3.29. The van der Waals surface area contributed by atoms with Crippen LogP contribution in [-0.4, -0.2) is 37.2 Å². The molecule has 16 heavy (non-hydrogen) atoms. The topological polar surface area (TPSA) is 36.3 Å². The summed E-state index contributed by atoms with van der Waals surface area (Å²) in [5, 5.41) is 8.97. The van der Waals surface area contributed by atoms with E-state index < -0.39 is 0 Å². The van der Waals surface area contributed by atoms with Crippen molar-refractivity contribution in [2.45, 2.75) is 46.1 Å². The van der Waals surface area contributed by atoms with Gasteiger partial charge in [-0.25, -0.2) is 0 Å². The van der Waals surface area contributed by atoms with E-state index in [1.165, 1.54) is 12.8 Å². The zero-order valence-electron chi connectivity index (χ0n) is 10.8. The molecule has 1 saturated heterocycles. The molecule has 92 valence electrons. The normalized spacial score (nSPS) is 21.3. The molecule has 1 rings (SSSR count). The molecule has 3 nitrogen and oxygen atoms in total. The van der Waals surface area contributed by atoms with Crippen LogP contribution >= 0.6 is 0 Å². The maximum atomic E-state index is 8.97. The highest BCUT2D eigenvalue weighted by molar-refractivity contribution is 4.92. The highest BCUT2D eigenvalue weighted by atomic mass is 16.5. The summed E-state index contributed by atoms with van der Waals surface area (Å²) in [7, 11) is 0. The van der Waals surface area contributed by atoms with Gasteiger partial charge in [0.05, 0.1) is 17.6 Å². The molecule has 0 N–H and O–H groups in total. The molecule has 1 aliphatic rings. The van der Waals surface area contributed by atoms with Crippen molar-refractivity contribution in [2.75, 3.05) is 26.2 Å². The smallest absolute Gasteiger partial charge is 0.0702 e. The number of ether oxygens (including phenoxy) is 1. The van der Waals surface area contributed by atoms with Gasteiger partial charge in [-0.2, -0.15) is 5.26 Å². The average molecular weight is 224 g/mol. The Morgan fingerprint density at radius 3 is 2.75 bits per heavy atom. The Balaban J connectivity index is 2.29. The van der Waals surface area contributed by atoms with Gasteiger partial charge < -0.3 is 9.64 Å². The zero-order valence-corrected chi connectivity index (χ0v) is 10.8. The van der Waals surface area contributed by atoms with E-state index in [1.807, 2.05) is 13.8 Å². The SMILES string of the molecule is CCN(CCC(C)(C)C#N)CC1CCCO1. The molecule has 0 amide bonds. The molecule has 0 aromatic heterocycles. The molecule has 0 saturated carbocycles. The van der Waals surface area contributed by atoms with Crippen molar-refractivity contribution in [3.05, 3.63) is 0 Å². The summed E-state index contributed by atoms with van der Waals surface area (Å²) in [4.78, 5) is 2.40. The first kappa shape index (κ1) is 13.5. The molecule has 1 heterocycles. The Bertz CT molecular complexity index is 239. The summed E-state index contributed by atoms with van der Waals surface area (Å²) in [6, 6.07) is 2.36. The molecule has 0 aliphatic carbocycles. The molecule has 0 radical (unpaired) electrons. The minimum absolute atomic E-state index is 0.204. The molecule has 1 unspecified atom stereocenters. The van der Waals surface area contributed by atoms with Crippen molar-refractivity contribution in [2.24, 2.45) is 5.41 Å². The van der Waals surface area contributed by atoms with Crippen molar-refractivity contribution >= 4 is 0 Å². The van der Waals surface area contributed by atoms with Gasteiger partial charge in [-0.15, -0.1) is 0 Å². The van der Waals surface area contributed by atoms with E-state index in [0.717, 1.165) is 32.7 Å². The molecular weight excluding hydrogens is 200 g/mol. The molecule has 0 aromatic rings. The molecule has 0 spiro atoms. The van der Waals surface area contributed by atoms with Gasteiger partial charge in [0, 0.05) is 13.2 Å². The van der Waals surface area contributed by atoms with Crippen LogP contribution in [0.2, 0.25) is 0 Å². The summed E-state index contributed by atoms with van der Waals surface area (Å²) >= 11 is 0. The summed E-state index contributed by atoms with van der Waals surface area (Å²) in [6.45, 7) is 10.2. The van der Waals surface area contributed by atoms with Gasteiger partial charge in [-0.05, 0) is 46.2 Å². The van der Waals surface area contributed by atoms with Crippen LogP contribution in [0.3, 0.4) is 0 Å². The largest absolute Gasteiger partial charge is 0.377 e. The number of rotatable bonds is 6.